The normalized spacial score (nSPS) is 21.1. The third kappa shape index (κ3) is 12.4. The van der Waals surface area contributed by atoms with Gasteiger partial charge in [0.1, 0.15) is 18.1 Å². The summed E-state index contributed by atoms with van der Waals surface area (Å²) in [6.07, 6.45) is 9.42. The van der Waals surface area contributed by atoms with Gasteiger partial charge in [0.15, 0.2) is 0 Å². The van der Waals surface area contributed by atoms with Crippen molar-refractivity contribution in [2.24, 2.45) is 17.6 Å². The average Bonchev–Trinajstić information content (AvgIpc) is 3.81. The number of benzene rings is 1. The minimum atomic E-state index is -1.23. The Morgan fingerprint density at radius 1 is 0.870 bits per heavy atom. The number of primary amides is 1. The van der Waals surface area contributed by atoms with E-state index in [-0.39, 0.29) is 37.1 Å². The van der Waals surface area contributed by atoms with Crippen molar-refractivity contribution in [2.45, 2.75) is 147 Å². The molecule has 1 heterocycles. The molecule has 1 aromatic rings. The maximum Gasteiger partial charge on any atom is 0.290 e. The molecule has 4 rings (SSSR count). The molecule has 2 saturated carbocycles. The number of carbonyl (C=O) groups is 7. The zero-order valence-corrected chi connectivity index (χ0v) is 32.3. The van der Waals surface area contributed by atoms with E-state index in [1.165, 1.54) is 4.90 Å². The van der Waals surface area contributed by atoms with Gasteiger partial charge in [-0.1, -0.05) is 75.8 Å². The molecule has 14 heteroatoms. The number of ether oxygens (including phenoxy) is 1. The summed E-state index contributed by atoms with van der Waals surface area (Å²) in [5, 5.41) is 10.6. The van der Waals surface area contributed by atoms with E-state index >= 15 is 0 Å². The van der Waals surface area contributed by atoms with Gasteiger partial charge in [-0.05, 0) is 70.3 Å². The molecular formula is C40H60N6O8. The van der Waals surface area contributed by atoms with Crippen molar-refractivity contribution in [1.29, 1.82) is 0 Å². The van der Waals surface area contributed by atoms with E-state index in [1.807, 2.05) is 20.8 Å². The lowest BCUT2D eigenvalue weighted by Gasteiger charge is -2.35. The average molecular weight is 753 g/mol. The van der Waals surface area contributed by atoms with E-state index in [9.17, 15) is 33.6 Å². The van der Waals surface area contributed by atoms with E-state index in [0.717, 1.165) is 57.8 Å². The smallest absolute Gasteiger partial charge is 0.290 e. The highest BCUT2D eigenvalue weighted by atomic mass is 16.5. The van der Waals surface area contributed by atoms with Gasteiger partial charge in [0, 0.05) is 19.4 Å². The van der Waals surface area contributed by atoms with Gasteiger partial charge < -0.3 is 36.6 Å². The number of carbonyl (C=O) groups excluding carboxylic acids is 7. The quantitative estimate of drug-likeness (QED) is 0.149. The predicted octanol–water partition coefficient (Wildman–Crippen LogP) is 2.73. The van der Waals surface area contributed by atoms with E-state index < -0.39 is 71.8 Å². The lowest BCUT2D eigenvalue weighted by atomic mass is 9.83. The molecule has 3 fully saturated rings. The minimum Gasteiger partial charge on any atom is -0.371 e. The van der Waals surface area contributed by atoms with E-state index in [1.54, 1.807) is 37.3 Å². The van der Waals surface area contributed by atoms with Gasteiger partial charge in [-0.15, -0.1) is 0 Å². The van der Waals surface area contributed by atoms with Gasteiger partial charge in [-0.2, -0.15) is 0 Å². The Kier molecular flexibility index (Phi) is 15.6. The Bertz CT molecular complexity index is 1480. The maximum atomic E-state index is 14.5. The summed E-state index contributed by atoms with van der Waals surface area (Å²) in [7, 11) is 0. The molecule has 0 spiro atoms. The molecule has 1 aromatic carbocycles. The van der Waals surface area contributed by atoms with Gasteiger partial charge in [-0.25, -0.2) is 0 Å². The molecule has 14 nitrogen and oxygen atoms in total. The molecular weight excluding hydrogens is 692 g/mol. The standard InChI is InChI=1S/C40H60N6O8/c1-5-14-29(35(49)38(52)42-23-32(48)45-33(36(41)50)26-17-8-6-9-18-26)43-37(51)30-22-28(54-40(2,3)4)24-46(30)39(53)34(27-19-10-7-11-20-27)44-31(47)21-25-15-12-13-16-25/h6,8-9,17-18,25,27-30,33-34H,5,7,10-16,19-24H2,1-4H3,(H2,41,50)(H,42,52)(H,43,51)(H,44,47)(H,45,48). The molecule has 3 aliphatic rings. The first-order chi connectivity index (χ1) is 25.7. The van der Waals surface area contributed by atoms with E-state index in [0.29, 0.717) is 24.3 Å². The Morgan fingerprint density at radius 3 is 2.13 bits per heavy atom. The van der Waals surface area contributed by atoms with Crippen molar-refractivity contribution in [3.63, 3.8) is 0 Å². The summed E-state index contributed by atoms with van der Waals surface area (Å²) >= 11 is 0. The van der Waals surface area contributed by atoms with E-state index in [2.05, 4.69) is 21.3 Å². The highest BCUT2D eigenvalue weighted by molar-refractivity contribution is 6.38. The summed E-state index contributed by atoms with van der Waals surface area (Å²) in [5.74, 6) is -4.43. The van der Waals surface area contributed by atoms with Crippen LogP contribution in [0.15, 0.2) is 30.3 Å². The van der Waals surface area contributed by atoms with Gasteiger partial charge in [0.05, 0.1) is 24.3 Å². The van der Waals surface area contributed by atoms with Crippen molar-refractivity contribution < 1.29 is 38.3 Å². The van der Waals surface area contributed by atoms with Crippen LogP contribution >= 0.6 is 0 Å². The van der Waals surface area contributed by atoms with Gasteiger partial charge >= 0.3 is 0 Å². The third-order valence-corrected chi connectivity index (χ3v) is 10.6. The summed E-state index contributed by atoms with van der Waals surface area (Å²) in [4.78, 5) is 94.5. The van der Waals surface area contributed by atoms with Crippen LogP contribution in [-0.4, -0.2) is 89.0 Å². The highest BCUT2D eigenvalue weighted by Crippen LogP contribution is 2.32. The summed E-state index contributed by atoms with van der Waals surface area (Å²) in [5.41, 5.74) is 5.37. The number of nitrogens with zero attached hydrogens (tertiary/aromatic N) is 1. The number of hydrogen-bond acceptors (Lipinski definition) is 8. The van der Waals surface area contributed by atoms with Crippen molar-refractivity contribution >= 4 is 41.2 Å². The lowest BCUT2D eigenvalue weighted by Crippen LogP contribution is -2.58. The van der Waals surface area contributed by atoms with Crippen molar-refractivity contribution in [3.05, 3.63) is 35.9 Å². The molecule has 6 amide bonds. The largest absolute Gasteiger partial charge is 0.371 e. The third-order valence-electron chi connectivity index (χ3n) is 10.6. The van der Waals surface area contributed by atoms with Crippen LogP contribution in [0.1, 0.15) is 123 Å². The second kappa shape index (κ2) is 19.8. The fourth-order valence-corrected chi connectivity index (χ4v) is 8.02. The van der Waals surface area contributed by atoms with Crippen LogP contribution in [0, 0.1) is 11.8 Å². The predicted molar refractivity (Wildman–Crippen MR) is 201 cm³/mol. The molecule has 54 heavy (non-hydrogen) atoms. The Hall–Kier alpha value is -4.33. The second-order valence-corrected chi connectivity index (χ2v) is 16.1. The molecule has 298 valence electrons. The number of nitrogens with one attached hydrogen (secondary N) is 4. The first kappa shape index (κ1) is 42.4. The molecule has 2 aliphatic carbocycles. The number of Topliss-reactive ketones (excluding diaryl/α,β-unsaturated/α-hetero) is 1. The van der Waals surface area contributed by atoms with Crippen LogP contribution in [0.25, 0.3) is 0 Å². The van der Waals surface area contributed by atoms with Gasteiger partial charge in [0.2, 0.25) is 35.3 Å². The maximum absolute atomic E-state index is 14.5. The number of rotatable bonds is 17. The van der Waals surface area contributed by atoms with Gasteiger partial charge in [-0.3, -0.25) is 33.6 Å². The molecule has 0 radical (unpaired) electrons. The first-order valence-corrected chi connectivity index (χ1v) is 19.7. The topological polar surface area (TPSA) is 206 Å². The number of likely N-dealkylation sites (tertiary alicyclic amines) is 1. The van der Waals surface area contributed by atoms with Crippen molar-refractivity contribution in [1.82, 2.24) is 26.2 Å². The summed E-state index contributed by atoms with van der Waals surface area (Å²) in [6.45, 7) is 7.00. The number of ketones is 1. The Balaban J connectivity index is 1.46. The second-order valence-electron chi connectivity index (χ2n) is 16.1. The Labute approximate surface area is 318 Å². The summed E-state index contributed by atoms with van der Waals surface area (Å²) < 4.78 is 6.26. The fraction of sp³-hybridized carbons (Fsp3) is 0.675. The highest BCUT2D eigenvalue weighted by Gasteiger charge is 2.46. The molecule has 5 unspecified atom stereocenters. The number of amides is 6. The number of hydrogen-bond donors (Lipinski definition) is 5. The van der Waals surface area contributed by atoms with Crippen LogP contribution in [0.2, 0.25) is 0 Å². The molecule has 5 atom stereocenters. The van der Waals surface area contributed by atoms with Crippen LogP contribution in [0.5, 0.6) is 0 Å². The molecule has 0 aromatic heterocycles. The van der Waals surface area contributed by atoms with Gasteiger partial charge in [0.25, 0.3) is 5.91 Å². The molecule has 1 aliphatic heterocycles. The van der Waals surface area contributed by atoms with Crippen LogP contribution in [-0.2, 0) is 38.3 Å². The minimum absolute atomic E-state index is 0.0636. The van der Waals surface area contributed by atoms with Crippen LogP contribution in [0.4, 0.5) is 0 Å². The SMILES string of the molecule is CCCC(NC(=O)C1CC(OC(C)(C)C)CN1C(=O)C(NC(=O)CC1CCCC1)C1CCCCC1)C(=O)C(=O)NCC(=O)NC(C(N)=O)c1ccccc1. The summed E-state index contributed by atoms with van der Waals surface area (Å²) in [6, 6.07) is 4.19. The lowest BCUT2D eigenvalue weighted by molar-refractivity contribution is -0.144. The molecule has 0 bridgehead atoms. The first-order valence-electron chi connectivity index (χ1n) is 19.7. The number of nitrogens with two attached hydrogens (primary N) is 1. The fourth-order valence-electron chi connectivity index (χ4n) is 8.02. The molecule has 6 N–H and O–H groups in total. The van der Waals surface area contributed by atoms with Crippen LogP contribution < -0.4 is 27.0 Å². The van der Waals surface area contributed by atoms with Crippen LogP contribution in [0.3, 0.4) is 0 Å². The zero-order chi connectivity index (χ0) is 39.4. The molecule has 1 saturated heterocycles. The van der Waals surface area contributed by atoms with Crippen molar-refractivity contribution in [2.75, 3.05) is 13.1 Å². The monoisotopic (exact) mass is 752 g/mol. The van der Waals surface area contributed by atoms with E-state index in [4.69, 9.17) is 10.5 Å². The Morgan fingerprint density at radius 2 is 1.52 bits per heavy atom. The zero-order valence-electron chi connectivity index (χ0n) is 32.3. The van der Waals surface area contributed by atoms with Crippen molar-refractivity contribution in [3.8, 4) is 0 Å².